The maximum atomic E-state index is 14.0. The van der Waals surface area contributed by atoms with Gasteiger partial charge in [-0.3, -0.25) is 9.59 Å². The number of carbonyl (C=O) groups excluding carboxylic acids is 3. The highest BCUT2D eigenvalue weighted by atomic mass is 28.3. The lowest BCUT2D eigenvalue weighted by Crippen LogP contribution is -2.49. The Morgan fingerprint density at radius 1 is 1.21 bits per heavy atom. The van der Waals surface area contributed by atoms with Crippen molar-refractivity contribution in [3.05, 3.63) is 70.0 Å². The average molecular weight is 604 g/mol. The van der Waals surface area contributed by atoms with E-state index in [1.165, 1.54) is 5.19 Å². The zero-order valence-electron chi connectivity index (χ0n) is 25.5. The number of pyridine rings is 2. The van der Waals surface area contributed by atoms with Crippen LogP contribution in [0.2, 0.25) is 19.1 Å². The Morgan fingerprint density at radius 3 is 2.60 bits per heavy atom. The summed E-state index contributed by atoms with van der Waals surface area (Å²) < 4.78 is 18.1. The summed E-state index contributed by atoms with van der Waals surface area (Å²) in [5.74, 6) is -1.65. The molecule has 0 spiro atoms. The predicted octanol–water partition coefficient (Wildman–Crippen LogP) is 4.26. The Bertz CT molecular complexity index is 1740. The second kappa shape index (κ2) is 10.8. The molecule has 0 aliphatic carbocycles. The summed E-state index contributed by atoms with van der Waals surface area (Å²) >= 11 is 0. The highest BCUT2D eigenvalue weighted by Crippen LogP contribution is 2.41. The normalized spacial score (nSPS) is 17.4. The van der Waals surface area contributed by atoms with Gasteiger partial charge in [0, 0.05) is 5.56 Å². The van der Waals surface area contributed by atoms with Crippen molar-refractivity contribution in [3.63, 3.8) is 0 Å². The van der Waals surface area contributed by atoms with Crippen molar-refractivity contribution >= 4 is 42.2 Å². The number of nitrogens with zero attached hydrogens (tertiary/aromatic N) is 2. The number of rotatable bonds is 7. The maximum Gasteiger partial charge on any atom is 0.408 e. The summed E-state index contributed by atoms with van der Waals surface area (Å²) in [6, 6.07) is 10.6. The molecule has 1 unspecified atom stereocenters. The first kappa shape index (κ1) is 30.2. The van der Waals surface area contributed by atoms with Gasteiger partial charge < -0.3 is 24.1 Å². The predicted molar refractivity (Wildman–Crippen MR) is 165 cm³/mol. The van der Waals surface area contributed by atoms with E-state index in [2.05, 4.69) is 31.1 Å². The van der Waals surface area contributed by atoms with Gasteiger partial charge in [0.1, 0.15) is 18.8 Å². The number of hydrogen-bond donors (Lipinski definition) is 1. The monoisotopic (exact) mass is 603 g/mol. The molecule has 2 aliphatic heterocycles. The van der Waals surface area contributed by atoms with E-state index in [0.717, 1.165) is 22.5 Å². The van der Waals surface area contributed by atoms with Crippen LogP contribution in [0.25, 0.3) is 22.3 Å². The Kier molecular flexibility index (Phi) is 7.58. The second-order valence-corrected chi connectivity index (χ2v) is 17.3. The molecule has 1 aromatic carbocycles. The van der Waals surface area contributed by atoms with Crippen LogP contribution in [0.1, 0.15) is 50.8 Å². The molecule has 4 heterocycles. The van der Waals surface area contributed by atoms with Crippen LogP contribution in [0.3, 0.4) is 0 Å². The molecule has 11 heteroatoms. The molecule has 0 saturated carbocycles. The molecule has 10 nitrogen and oxygen atoms in total. The molecule has 0 fully saturated rings. The van der Waals surface area contributed by atoms with Crippen LogP contribution in [0.4, 0.5) is 4.79 Å². The molecular weight excluding hydrogens is 566 g/mol. The number of cyclic esters (lactones) is 1. The first-order chi connectivity index (χ1) is 20.2. The zero-order valence-corrected chi connectivity index (χ0v) is 26.5. The summed E-state index contributed by atoms with van der Waals surface area (Å²) in [7, 11) is -2.06. The van der Waals surface area contributed by atoms with Crippen molar-refractivity contribution in [2.24, 2.45) is 0 Å². The fourth-order valence-corrected chi connectivity index (χ4v) is 8.99. The number of amides is 1. The molecule has 3 aromatic rings. The number of ether oxygens (including phenoxy) is 3. The minimum atomic E-state index is -2.06. The van der Waals surface area contributed by atoms with Gasteiger partial charge in [0.25, 0.3) is 5.56 Å². The molecule has 0 radical (unpaired) electrons. The van der Waals surface area contributed by atoms with Gasteiger partial charge in [-0.05, 0) is 61.5 Å². The number of allylic oxidation sites excluding steroid dienone is 1. The topological polar surface area (TPSA) is 126 Å². The molecule has 2 aliphatic rings. The summed E-state index contributed by atoms with van der Waals surface area (Å²) in [5.41, 5.74) is 0.631. The summed E-state index contributed by atoms with van der Waals surface area (Å²) in [5, 5.41) is 4.65. The summed E-state index contributed by atoms with van der Waals surface area (Å²) in [6.45, 7) is 14.9. The third kappa shape index (κ3) is 5.26. The molecule has 226 valence electrons. The van der Waals surface area contributed by atoms with Gasteiger partial charge in [0.05, 0.1) is 37.1 Å². The fraction of sp³-hybridized carbons (Fsp3) is 0.406. The van der Waals surface area contributed by atoms with Crippen LogP contribution in [0.15, 0.2) is 47.8 Å². The van der Waals surface area contributed by atoms with Crippen LogP contribution >= 0.6 is 0 Å². The highest BCUT2D eigenvalue weighted by Gasteiger charge is 2.50. The average Bonchev–Trinajstić information content (AvgIpc) is 3.29. The molecule has 5 rings (SSSR count). The SMILES string of the molecule is C=CC[Si](C)(C)c1c2c(nc3ccccc13)-c1cc3c(c(=O)n1C2)COC(=O)C3(CC)OC(=O)CNC(=O)OC(C)(C)C. The number of fused-ring (bicyclic) bond motifs is 5. The van der Waals surface area contributed by atoms with Gasteiger partial charge in [-0.15, -0.1) is 6.58 Å². The lowest BCUT2D eigenvalue weighted by molar-refractivity contribution is -0.188. The second-order valence-electron chi connectivity index (χ2n) is 12.6. The minimum absolute atomic E-state index is 0.0163. The number of alkyl carbamates (subject to hydrolysis) is 1. The zero-order chi connectivity index (χ0) is 31.3. The highest BCUT2D eigenvalue weighted by molar-refractivity contribution is 6.92. The number of carbonyl (C=O) groups is 3. The van der Waals surface area contributed by atoms with E-state index in [1.807, 2.05) is 24.3 Å². The van der Waals surface area contributed by atoms with E-state index in [1.54, 1.807) is 38.3 Å². The summed E-state index contributed by atoms with van der Waals surface area (Å²) in [6.07, 6.45) is 1.17. The Morgan fingerprint density at radius 2 is 1.93 bits per heavy atom. The van der Waals surface area contributed by atoms with Crippen molar-refractivity contribution in [1.29, 1.82) is 0 Å². The van der Waals surface area contributed by atoms with E-state index in [9.17, 15) is 19.2 Å². The van der Waals surface area contributed by atoms with Crippen molar-refractivity contribution in [3.8, 4) is 11.4 Å². The van der Waals surface area contributed by atoms with E-state index >= 15 is 0 Å². The largest absolute Gasteiger partial charge is 0.457 e. The van der Waals surface area contributed by atoms with Crippen LogP contribution in [-0.4, -0.2) is 47.8 Å². The number of esters is 2. The first-order valence-electron chi connectivity index (χ1n) is 14.4. The van der Waals surface area contributed by atoms with Gasteiger partial charge >= 0.3 is 18.0 Å². The van der Waals surface area contributed by atoms with Crippen molar-refractivity contribution < 1.29 is 28.6 Å². The standard InChI is InChI=1S/C32H37N3O7Si/c1-8-14-43(6,7)27-19-12-10-11-13-23(19)34-26-20(27)17-35-24(26)15-22-21(28(35)37)18-40-29(38)32(22,9-2)41-25(36)16-33-30(39)42-31(3,4)5/h8,10-13,15H,1,9,14,16-18H2,2-7H3,(H,33,39). The number of aromatic nitrogens is 2. The van der Waals surface area contributed by atoms with Crippen LogP contribution in [-0.2, 0) is 42.6 Å². The van der Waals surface area contributed by atoms with Crippen LogP contribution in [0, 0.1) is 0 Å². The molecule has 0 saturated heterocycles. The smallest absolute Gasteiger partial charge is 0.408 e. The third-order valence-electron chi connectivity index (χ3n) is 7.96. The molecule has 43 heavy (non-hydrogen) atoms. The van der Waals surface area contributed by atoms with E-state index in [4.69, 9.17) is 19.2 Å². The lowest BCUT2D eigenvalue weighted by atomic mass is 9.85. The molecule has 1 N–H and O–H groups in total. The summed E-state index contributed by atoms with van der Waals surface area (Å²) in [4.78, 5) is 57.4. The fourth-order valence-electron chi connectivity index (χ4n) is 6.11. The van der Waals surface area contributed by atoms with Crippen molar-refractivity contribution in [2.75, 3.05) is 6.54 Å². The van der Waals surface area contributed by atoms with Crippen LogP contribution < -0.4 is 16.1 Å². The Labute approximate surface area is 251 Å². The number of nitrogens with one attached hydrogen (secondary N) is 1. The molecule has 1 amide bonds. The maximum absolute atomic E-state index is 14.0. The van der Waals surface area contributed by atoms with Gasteiger partial charge in [-0.1, -0.05) is 44.3 Å². The van der Waals surface area contributed by atoms with Gasteiger partial charge in [-0.2, -0.15) is 0 Å². The third-order valence-corrected chi connectivity index (χ3v) is 11.2. The number of hydrogen-bond acceptors (Lipinski definition) is 8. The molecule has 2 aromatic heterocycles. The van der Waals surface area contributed by atoms with Gasteiger partial charge in [-0.25, -0.2) is 14.6 Å². The van der Waals surface area contributed by atoms with Crippen molar-refractivity contribution in [2.45, 2.75) is 77.6 Å². The number of para-hydroxylation sites is 1. The van der Waals surface area contributed by atoms with Crippen molar-refractivity contribution in [1.82, 2.24) is 14.9 Å². The first-order valence-corrected chi connectivity index (χ1v) is 17.6. The van der Waals surface area contributed by atoms with Crippen LogP contribution in [0.5, 0.6) is 0 Å². The lowest BCUT2D eigenvalue weighted by Gasteiger charge is -2.35. The Hall–Kier alpha value is -4.25. The number of benzene rings is 1. The molecule has 1 atom stereocenters. The van der Waals surface area contributed by atoms with E-state index in [-0.39, 0.29) is 29.7 Å². The van der Waals surface area contributed by atoms with Gasteiger partial charge in [0.2, 0.25) is 5.60 Å². The Balaban J connectivity index is 1.61. The van der Waals surface area contributed by atoms with Gasteiger partial charge in [0.15, 0.2) is 0 Å². The minimum Gasteiger partial charge on any atom is -0.457 e. The quantitative estimate of drug-likeness (QED) is 0.144. The van der Waals surface area contributed by atoms with E-state index < -0.39 is 43.9 Å². The molecule has 0 bridgehead atoms. The molecular formula is C32H37N3O7Si. The van der Waals surface area contributed by atoms with E-state index in [0.29, 0.717) is 17.9 Å².